The van der Waals surface area contributed by atoms with Crippen molar-refractivity contribution in [1.29, 1.82) is 0 Å². The van der Waals surface area contributed by atoms with Crippen molar-refractivity contribution >= 4 is 17.8 Å². The molecule has 2 amide bonds. The molecule has 0 bridgehead atoms. The van der Waals surface area contributed by atoms with Gasteiger partial charge < -0.3 is 10.2 Å². The summed E-state index contributed by atoms with van der Waals surface area (Å²) in [5.74, 6) is 1.07. The van der Waals surface area contributed by atoms with Crippen molar-refractivity contribution in [2.24, 2.45) is 0 Å². The number of nitrogens with zero attached hydrogens (tertiary/aromatic N) is 2. The van der Waals surface area contributed by atoms with Gasteiger partial charge >= 0.3 is 6.03 Å². The predicted octanol–water partition coefficient (Wildman–Crippen LogP) is 3.04. The third-order valence-corrected chi connectivity index (χ3v) is 6.00. The van der Waals surface area contributed by atoms with E-state index in [-0.39, 0.29) is 6.03 Å². The number of pyridine rings is 1. The molecular formula is C16H23N3OS. The number of amides is 2. The van der Waals surface area contributed by atoms with Crippen LogP contribution in [0.3, 0.4) is 0 Å². The van der Waals surface area contributed by atoms with E-state index in [4.69, 9.17) is 0 Å². The molecule has 2 heterocycles. The number of thioether (sulfide) groups is 1. The first-order chi connectivity index (χ1) is 10.3. The summed E-state index contributed by atoms with van der Waals surface area (Å²) in [6.45, 7) is 2.34. The van der Waals surface area contributed by atoms with Gasteiger partial charge in [-0.3, -0.25) is 4.98 Å². The van der Waals surface area contributed by atoms with Gasteiger partial charge in [0.15, 0.2) is 0 Å². The smallest absolute Gasteiger partial charge is 0.317 e. The number of carbonyl (C=O) groups is 1. The van der Waals surface area contributed by atoms with Crippen LogP contribution in [0.5, 0.6) is 0 Å². The molecule has 3 rings (SSSR count). The first-order valence-corrected chi connectivity index (χ1v) is 8.82. The van der Waals surface area contributed by atoms with Gasteiger partial charge in [0.2, 0.25) is 0 Å². The van der Waals surface area contributed by atoms with E-state index < -0.39 is 0 Å². The maximum absolute atomic E-state index is 12.4. The van der Waals surface area contributed by atoms with Gasteiger partial charge in [0.1, 0.15) is 0 Å². The second-order valence-electron chi connectivity index (χ2n) is 6.03. The fourth-order valence-electron chi connectivity index (χ4n) is 3.31. The first kappa shape index (κ1) is 14.7. The van der Waals surface area contributed by atoms with Gasteiger partial charge in [0.05, 0.1) is 0 Å². The predicted molar refractivity (Wildman–Crippen MR) is 86.3 cm³/mol. The van der Waals surface area contributed by atoms with E-state index in [1.807, 2.05) is 17.0 Å². The zero-order valence-electron chi connectivity index (χ0n) is 12.4. The molecule has 1 aliphatic heterocycles. The van der Waals surface area contributed by atoms with Gasteiger partial charge in [-0.25, -0.2) is 4.79 Å². The molecule has 114 valence electrons. The Balaban J connectivity index is 1.54. The minimum atomic E-state index is 0.0732. The van der Waals surface area contributed by atoms with E-state index >= 15 is 0 Å². The van der Waals surface area contributed by atoms with Crippen LogP contribution in [0.15, 0.2) is 24.5 Å². The average molecular weight is 305 g/mol. The second kappa shape index (κ2) is 6.69. The summed E-state index contributed by atoms with van der Waals surface area (Å²) in [5, 5.41) is 3.03. The summed E-state index contributed by atoms with van der Waals surface area (Å²) < 4.78 is 0.335. The van der Waals surface area contributed by atoms with Crippen LogP contribution in [0.4, 0.5) is 4.79 Å². The summed E-state index contributed by atoms with van der Waals surface area (Å²) in [6.07, 6.45) is 10.1. The number of urea groups is 1. The molecular weight excluding hydrogens is 282 g/mol. The molecule has 0 radical (unpaired) electrons. The third-order valence-electron chi connectivity index (χ3n) is 4.47. The minimum absolute atomic E-state index is 0.0732. The lowest BCUT2D eigenvalue weighted by Gasteiger charge is -2.44. The quantitative estimate of drug-likeness (QED) is 0.913. The van der Waals surface area contributed by atoms with Gasteiger partial charge in [0, 0.05) is 42.5 Å². The van der Waals surface area contributed by atoms with Crippen molar-refractivity contribution < 1.29 is 4.79 Å². The highest BCUT2D eigenvalue weighted by Gasteiger charge is 2.38. The van der Waals surface area contributed by atoms with Crippen molar-refractivity contribution in [1.82, 2.24) is 15.2 Å². The van der Waals surface area contributed by atoms with E-state index in [9.17, 15) is 4.79 Å². The van der Waals surface area contributed by atoms with Crippen LogP contribution in [0.2, 0.25) is 0 Å². The minimum Gasteiger partial charge on any atom is -0.334 e. The molecule has 1 aliphatic carbocycles. The van der Waals surface area contributed by atoms with Crippen LogP contribution in [-0.4, -0.2) is 39.5 Å². The Bertz CT molecular complexity index is 468. The van der Waals surface area contributed by atoms with Gasteiger partial charge in [0.25, 0.3) is 0 Å². The Morgan fingerprint density at radius 2 is 2.24 bits per heavy atom. The molecule has 5 heteroatoms. The van der Waals surface area contributed by atoms with Crippen LogP contribution in [-0.2, 0) is 6.54 Å². The Hall–Kier alpha value is -1.23. The summed E-state index contributed by atoms with van der Waals surface area (Å²) in [7, 11) is 0. The van der Waals surface area contributed by atoms with Crippen LogP contribution in [0, 0.1) is 0 Å². The molecule has 2 aliphatic rings. The van der Waals surface area contributed by atoms with Crippen LogP contribution in [0.25, 0.3) is 0 Å². The molecule has 0 unspecified atom stereocenters. The molecule has 0 aromatic carbocycles. The molecule has 0 atom stereocenters. The standard InChI is InChI=1S/C16H23N3OS/c20-15(18-12-14-5-4-8-17-11-14)19-9-10-21-16(13-19)6-2-1-3-7-16/h4-5,8,11H,1-3,6-7,9-10,12-13H2,(H,18,20). The summed E-state index contributed by atoms with van der Waals surface area (Å²) in [5.41, 5.74) is 1.05. The van der Waals surface area contributed by atoms with E-state index in [0.717, 1.165) is 24.4 Å². The molecule has 1 N–H and O–H groups in total. The maximum atomic E-state index is 12.4. The SMILES string of the molecule is O=C(NCc1cccnc1)N1CCSC2(CCCCC2)C1. The van der Waals surface area contributed by atoms with Gasteiger partial charge in [-0.1, -0.05) is 25.3 Å². The second-order valence-corrected chi connectivity index (χ2v) is 7.60. The Morgan fingerprint density at radius 3 is 3.00 bits per heavy atom. The topological polar surface area (TPSA) is 45.2 Å². The monoisotopic (exact) mass is 305 g/mol. The van der Waals surface area contributed by atoms with Crippen molar-refractivity contribution in [3.63, 3.8) is 0 Å². The number of aromatic nitrogens is 1. The first-order valence-electron chi connectivity index (χ1n) is 7.83. The number of hydrogen-bond acceptors (Lipinski definition) is 3. The Morgan fingerprint density at radius 1 is 1.38 bits per heavy atom. The van der Waals surface area contributed by atoms with Crippen LogP contribution < -0.4 is 5.32 Å². The summed E-state index contributed by atoms with van der Waals surface area (Å²) in [4.78, 5) is 18.5. The lowest BCUT2D eigenvalue weighted by atomic mass is 9.87. The van der Waals surface area contributed by atoms with Crippen LogP contribution >= 0.6 is 11.8 Å². The summed E-state index contributed by atoms with van der Waals surface area (Å²) in [6, 6.07) is 3.96. The molecule has 1 aromatic heterocycles. The van der Waals surface area contributed by atoms with Crippen molar-refractivity contribution in [3.05, 3.63) is 30.1 Å². The Labute approximate surface area is 130 Å². The molecule has 4 nitrogen and oxygen atoms in total. The molecule has 2 fully saturated rings. The maximum Gasteiger partial charge on any atom is 0.317 e. The Kier molecular flexibility index (Phi) is 4.68. The van der Waals surface area contributed by atoms with Crippen LogP contribution in [0.1, 0.15) is 37.7 Å². The number of hydrogen-bond donors (Lipinski definition) is 1. The lowest BCUT2D eigenvalue weighted by Crippen LogP contribution is -2.52. The van der Waals surface area contributed by atoms with Crippen molar-refractivity contribution in [2.75, 3.05) is 18.8 Å². The largest absolute Gasteiger partial charge is 0.334 e. The molecule has 21 heavy (non-hydrogen) atoms. The number of carbonyl (C=O) groups excluding carboxylic acids is 1. The van der Waals surface area contributed by atoms with Crippen molar-refractivity contribution in [3.8, 4) is 0 Å². The molecule has 1 aromatic rings. The normalized spacial score (nSPS) is 21.2. The summed E-state index contributed by atoms with van der Waals surface area (Å²) >= 11 is 2.09. The van der Waals surface area contributed by atoms with E-state index in [1.54, 1.807) is 12.4 Å². The number of nitrogens with one attached hydrogen (secondary N) is 1. The van der Waals surface area contributed by atoms with Gasteiger partial charge in [-0.05, 0) is 24.5 Å². The van der Waals surface area contributed by atoms with Crippen molar-refractivity contribution in [2.45, 2.75) is 43.4 Å². The lowest BCUT2D eigenvalue weighted by molar-refractivity contribution is 0.184. The fraction of sp³-hybridized carbons (Fsp3) is 0.625. The highest BCUT2D eigenvalue weighted by molar-refractivity contribution is 8.00. The highest BCUT2D eigenvalue weighted by Crippen LogP contribution is 2.42. The third kappa shape index (κ3) is 3.70. The van der Waals surface area contributed by atoms with E-state index in [1.165, 1.54) is 32.1 Å². The number of rotatable bonds is 2. The fourth-order valence-corrected chi connectivity index (χ4v) is 4.88. The molecule has 1 saturated heterocycles. The molecule has 1 spiro atoms. The zero-order valence-corrected chi connectivity index (χ0v) is 13.2. The van der Waals surface area contributed by atoms with Gasteiger partial charge in [-0.2, -0.15) is 11.8 Å². The zero-order chi connectivity index (χ0) is 14.5. The highest BCUT2D eigenvalue weighted by atomic mass is 32.2. The van der Waals surface area contributed by atoms with Gasteiger partial charge in [-0.15, -0.1) is 0 Å². The average Bonchev–Trinajstić information content (AvgIpc) is 2.54. The van der Waals surface area contributed by atoms with E-state index in [2.05, 4.69) is 22.1 Å². The molecule has 1 saturated carbocycles. The van der Waals surface area contributed by atoms with E-state index in [0.29, 0.717) is 11.3 Å².